The lowest BCUT2D eigenvalue weighted by atomic mass is 10.2. The topological polar surface area (TPSA) is 54.5 Å². The number of para-hydroxylation sites is 1. The molecule has 0 radical (unpaired) electrons. The number of fused-ring (bicyclic) bond motifs is 1. The van der Waals surface area contributed by atoms with Gasteiger partial charge in [-0.05, 0) is 30.3 Å². The van der Waals surface area contributed by atoms with Crippen molar-refractivity contribution in [3.63, 3.8) is 0 Å². The fourth-order valence-corrected chi connectivity index (χ4v) is 3.25. The maximum Gasteiger partial charge on any atom is 0.321 e. The van der Waals surface area contributed by atoms with Crippen molar-refractivity contribution in [2.45, 2.75) is 12.5 Å². The van der Waals surface area contributed by atoms with Crippen LogP contribution in [0.2, 0.25) is 5.02 Å². The second kappa shape index (κ2) is 7.22. The van der Waals surface area contributed by atoms with Crippen LogP contribution < -0.4 is 10.1 Å². The van der Waals surface area contributed by atoms with E-state index < -0.39 is 0 Å². The van der Waals surface area contributed by atoms with Gasteiger partial charge in [-0.25, -0.2) is 9.78 Å². The summed E-state index contributed by atoms with van der Waals surface area (Å²) >= 11 is 5.95. The third-order valence-electron chi connectivity index (χ3n) is 4.37. The van der Waals surface area contributed by atoms with E-state index in [1.807, 2.05) is 42.5 Å². The van der Waals surface area contributed by atoms with Crippen LogP contribution in [0.5, 0.6) is 5.88 Å². The van der Waals surface area contributed by atoms with Crippen molar-refractivity contribution in [2.24, 2.45) is 0 Å². The molecule has 4 rings (SSSR count). The van der Waals surface area contributed by atoms with Gasteiger partial charge in [-0.15, -0.1) is 0 Å². The average Bonchev–Trinajstić information content (AvgIpc) is 3.10. The molecule has 1 aliphatic heterocycles. The zero-order valence-corrected chi connectivity index (χ0v) is 14.8. The van der Waals surface area contributed by atoms with Crippen molar-refractivity contribution >= 4 is 34.2 Å². The molecule has 1 aromatic heterocycles. The first kappa shape index (κ1) is 16.7. The van der Waals surface area contributed by atoms with Crippen LogP contribution in [0.3, 0.4) is 0 Å². The number of aromatic nitrogens is 1. The summed E-state index contributed by atoms with van der Waals surface area (Å²) in [4.78, 5) is 18.7. The number of amides is 2. The van der Waals surface area contributed by atoms with Crippen molar-refractivity contribution < 1.29 is 9.53 Å². The lowest BCUT2D eigenvalue weighted by Gasteiger charge is -2.18. The number of benzene rings is 2. The van der Waals surface area contributed by atoms with Crippen molar-refractivity contribution in [2.75, 3.05) is 18.4 Å². The quantitative estimate of drug-likeness (QED) is 0.737. The summed E-state index contributed by atoms with van der Waals surface area (Å²) in [5, 5.41) is 4.53. The Bertz CT molecular complexity index is 947. The molecule has 0 bridgehead atoms. The standard InChI is InChI=1S/C20H18ClN3O2/c21-15-5-3-6-16(12-15)22-20(25)24-11-10-17(13-24)26-19-9-8-14-4-1-2-7-18(14)23-19/h1-9,12,17H,10-11,13H2,(H,22,25)/t17-/m0/s1. The molecule has 1 fully saturated rings. The molecular weight excluding hydrogens is 350 g/mol. The third kappa shape index (κ3) is 3.73. The summed E-state index contributed by atoms with van der Waals surface area (Å²) < 4.78 is 5.98. The largest absolute Gasteiger partial charge is 0.472 e. The summed E-state index contributed by atoms with van der Waals surface area (Å²) in [7, 11) is 0. The maximum atomic E-state index is 12.4. The summed E-state index contributed by atoms with van der Waals surface area (Å²) in [6, 6.07) is 18.7. The normalized spacial score (nSPS) is 16.7. The average molecular weight is 368 g/mol. The molecule has 2 aromatic carbocycles. The smallest absolute Gasteiger partial charge is 0.321 e. The predicted molar refractivity (Wildman–Crippen MR) is 103 cm³/mol. The number of ether oxygens (including phenoxy) is 1. The Labute approximate surface area is 156 Å². The number of likely N-dealkylation sites (tertiary alicyclic amines) is 1. The van der Waals surface area contributed by atoms with Gasteiger partial charge in [0.2, 0.25) is 5.88 Å². The predicted octanol–water partition coefficient (Wildman–Crippen LogP) is 4.57. The Balaban J connectivity index is 1.37. The molecule has 3 aromatic rings. The minimum Gasteiger partial charge on any atom is -0.472 e. The van der Waals surface area contributed by atoms with Gasteiger partial charge in [0.1, 0.15) is 6.10 Å². The van der Waals surface area contributed by atoms with E-state index in [1.165, 1.54) is 0 Å². The van der Waals surface area contributed by atoms with Gasteiger partial charge in [0.05, 0.1) is 12.1 Å². The Kier molecular flexibility index (Phi) is 4.63. The molecule has 1 saturated heterocycles. The highest BCUT2D eigenvalue weighted by molar-refractivity contribution is 6.30. The van der Waals surface area contributed by atoms with E-state index in [1.54, 1.807) is 23.1 Å². The number of pyridine rings is 1. The molecule has 5 nitrogen and oxygen atoms in total. The summed E-state index contributed by atoms with van der Waals surface area (Å²) in [6.07, 6.45) is 0.714. The Morgan fingerprint density at radius 3 is 2.92 bits per heavy atom. The highest BCUT2D eigenvalue weighted by atomic mass is 35.5. The van der Waals surface area contributed by atoms with Gasteiger partial charge in [-0.2, -0.15) is 0 Å². The number of carbonyl (C=O) groups is 1. The van der Waals surface area contributed by atoms with E-state index in [0.29, 0.717) is 29.7 Å². The molecule has 0 saturated carbocycles. The lowest BCUT2D eigenvalue weighted by molar-refractivity contribution is 0.190. The number of nitrogens with zero attached hydrogens (tertiary/aromatic N) is 2. The van der Waals surface area contributed by atoms with Crippen LogP contribution in [0, 0.1) is 0 Å². The van der Waals surface area contributed by atoms with Gasteiger partial charge in [-0.3, -0.25) is 0 Å². The van der Waals surface area contributed by atoms with Gasteiger partial charge in [-0.1, -0.05) is 35.9 Å². The monoisotopic (exact) mass is 367 g/mol. The molecule has 2 amide bonds. The van der Waals surface area contributed by atoms with Crippen molar-refractivity contribution in [1.29, 1.82) is 0 Å². The molecule has 1 aliphatic rings. The van der Waals surface area contributed by atoms with Gasteiger partial charge >= 0.3 is 6.03 Å². The number of anilines is 1. The van der Waals surface area contributed by atoms with Crippen molar-refractivity contribution in [3.05, 3.63) is 65.7 Å². The zero-order chi connectivity index (χ0) is 17.9. The summed E-state index contributed by atoms with van der Waals surface area (Å²) in [5.74, 6) is 0.589. The highest BCUT2D eigenvalue weighted by Crippen LogP contribution is 2.21. The van der Waals surface area contributed by atoms with Crippen LogP contribution in [-0.4, -0.2) is 35.1 Å². The fraction of sp³-hybridized carbons (Fsp3) is 0.200. The van der Waals surface area contributed by atoms with Crippen molar-refractivity contribution in [3.8, 4) is 5.88 Å². The van der Waals surface area contributed by atoms with E-state index >= 15 is 0 Å². The molecular formula is C20H18ClN3O2. The van der Waals surface area contributed by atoms with Crippen LogP contribution in [-0.2, 0) is 0 Å². The Hall–Kier alpha value is -2.79. The third-order valence-corrected chi connectivity index (χ3v) is 4.60. The minimum absolute atomic E-state index is 0.0613. The van der Waals surface area contributed by atoms with Gasteiger partial charge < -0.3 is 15.0 Å². The van der Waals surface area contributed by atoms with Gasteiger partial charge in [0, 0.05) is 35.1 Å². The van der Waals surface area contributed by atoms with E-state index in [0.717, 1.165) is 17.3 Å². The molecule has 0 spiro atoms. The van der Waals surface area contributed by atoms with Crippen LogP contribution in [0.15, 0.2) is 60.7 Å². The molecule has 1 atom stereocenters. The summed E-state index contributed by atoms with van der Waals surface area (Å²) in [5.41, 5.74) is 1.58. The summed E-state index contributed by atoms with van der Waals surface area (Å²) in [6.45, 7) is 1.17. The number of hydrogen-bond donors (Lipinski definition) is 1. The Morgan fingerprint density at radius 2 is 2.04 bits per heavy atom. The molecule has 1 N–H and O–H groups in total. The van der Waals surface area contributed by atoms with Crippen LogP contribution in [0.25, 0.3) is 10.9 Å². The molecule has 0 aliphatic carbocycles. The molecule has 2 heterocycles. The SMILES string of the molecule is O=C(Nc1cccc(Cl)c1)N1CC[C@H](Oc2ccc3ccccc3n2)C1. The number of halogens is 1. The van der Waals surface area contributed by atoms with Gasteiger partial charge in [0.25, 0.3) is 0 Å². The number of carbonyl (C=O) groups excluding carboxylic acids is 1. The first-order chi connectivity index (χ1) is 12.7. The fourth-order valence-electron chi connectivity index (χ4n) is 3.06. The van der Waals surface area contributed by atoms with Gasteiger partial charge in [0.15, 0.2) is 0 Å². The van der Waals surface area contributed by atoms with Crippen LogP contribution in [0.4, 0.5) is 10.5 Å². The second-order valence-electron chi connectivity index (χ2n) is 6.26. The van der Waals surface area contributed by atoms with E-state index in [2.05, 4.69) is 10.3 Å². The minimum atomic E-state index is -0.148. The van der Waals surface area contributed by atoms with E-state index in [9.17, 15) is 4.79 Å². The van der Waals surface area contributed by atoms with E-state index in [4.69, 9.17) is 16.3 Å². The first-order valence-corrected chi connectivity index (χ1v) is 8.89. The van der Waals surface area contributed by atoms with Crippen molar-refractivity contribution in [1.82, 2.24) is 9.88 Å². The molecule has 0 unspecified atom stereocenters. The zero-order valence-electron chi connectivity index (χ0n) is 14.1. The molecule has 132 valence electrons. The number of hydrogen-bond acceptors (Lipinski definition) is 3. The molecule has 6 heteroatoms. The molecule has 26 heavy (non-hydrogen) atoms. The highest BCUT2D eigenvalue weighted by Gasteiger charge is 2.28. The number of urea groups is 1. The van der Waals surface area contributed by atoms with E-state index in [-0.39, 0.29) is 12.1 Å². The van der Waals surface area contributed by atoms with Crippen LogP contribution in [0.1, 0.15) is 6.42 Å². The number of rotatable bonds is 3. The second-order valence-corrected chi connectivity index (χ2v) is 6.69. The van der Waals surface area contributed by atoms with Crippen LogP contribution >= 0.6 is 11.6 Å². The maximum absolute atomic E-state index is 12.4. The first-order valence-electron chi connectivity index (χ1n) is 8.51. The lowest BCUT2D eigenvalue weighted by Crippen LogP contribution is -2.34. The Morgan fingerprint density at radius 1 is 1.15 bits per heavy atom. The number of nitrogens with one attached hydrogen (secondary N) is 1.